The van der Waals surface area contributed by atoms with Crippen LogP contribution in [0.15, 0.2) is 60.7 Å². The Balaban J connectivity index is 1.29. The zero-order chi connectivity index (χ0) is 22.2. The molecule has 5 nitrogen and oxygen atoms in total. The van der Waals surface area contributed by atoms with Crippen molar-refractivity contribution in [3.8, 4) is 0 Å². The van der Waals surface area contributed by atoms with Gasteiger partial charge in [-0.3, -0.25) is 9.59 Å². The van der Waals surface area contributed by atoms with Crippen LogP contribution in [0.4, 0.5) is 5.69 Å². The average Bonchev–Trinajstić information content (AvgIpc) is 2.72. The van der Waals surface area contributed by atoms with E-state index in [1.807, 2.05) is 60.7 Å². The summed E-state index contributed by atoms with van der Waals surface area (Å²) in [6.45, 7) is 0. The summed E-state index contributed by atoms with van der Waals surface area (Å²) in [6.07, 6.45) is 6.59. The molecule has 2 aromatic carbocycles. The summed E-state index contributed by atoms with van der Waals surface area (Å²) in [4.78, 5) is 26.3. The number of benzene rings is 2. The van der Waals surface area contributed by atoms with Gasteiger partial charge in [0.1, 0.15) is 6.04 Å². The monoisotopic (exact) mass is 432 g/mol. The van der Waals surface area contributed by atoms with E-state index in [0.717, 1.165) is 37.7 Å². The zero-order valence-electron chi connectivity index (χ0n) is 18.4. The van der Waals surface area contributed by atoms with Crippen molar-refractivity contribution in [1.82, 2.24) is 5.32 Å². The number of para-hydroxylation sites is 1. The number of carbonyl (C=O) groups excluding carboxylic acids is 2. The van der Waals surface area contributed by atoms with Crippen molar-refractivity contribution in [1.29, 1.82) is 0 Å². The van der Waals surface area contributed by atoms with Gasteiger partial charge in [0.15, 0.2) is 0 Å². The Bertz CT molecular complexity index is 961. The Morgan fingerprint density at radius 2 is 1.56 bits per heavy atom. The van der Waals surface area contributed by atoms with E-state index in [9.17, 15) is 14.7 Å². The molecular weight excluding hydrogens is 400 g/mol. The number of rotatable bonds is 7. The van der Waals surface area contributed by atoms with Crippen LogP contribution < -0.4 is 10.6 Å². The molecule has 0 aromatic heterocycles. The van der Waals surface area contributed by atoms with Crippen LogP contribution in [0, 0.1) is 17.3 Å². The Kier molecular flexibility index (Phi) is 5.54. The number of amides is 2. The van der Waals surface area contributed by atoms with Crippen LogP contribution in [0.3, 0.4) is 0 Å². The largest absolute Gasteiger partial charge is 0.390 e. The predicted octanol–water partition coefficient (Wildman–Crippen LogP) is 4.07. The summed E-state index contributed by atoms with van der Waals surface area (Å²) in [7, 11) is 0. The molecule has 0 saturated heterocycles. The third-order valence-corrected chi connectivity index (χ3v) is 7.66. The fraction of sp³-hybridized carbons (Fsp3) is 0.481. The highest BCUT2D eigenvalue weighted by atomic mass is 16.3. The summed E-state index contributed by atoms with van der Waals surface area (Å²) in [5.41, 5.74) is 1.02. The first-order valence-corrected chi connectivity index (χ1v) is 11.8. The molecule has 2 amide bonds. The van der Waals surface area contributed by atoms with Crippen LogP contribution in [-0.2, 0) is 16.0 Å². The fourth-order valence-electron chi connectivity index (χ4n) is 7.00. The number of carbonyl (C=O) groups is 2. The topological polar surface area (TPSA) is 78.4 Å². The fourth-order valence-corrected chi connectivity index (χ4v) is 7.00. The smallest absolute Gasteiger partial charge is 0.247 e. The van der Waals surface area contributed by atoms with Crippen LogP contribution in [-0.4, -0.2) is 28.6 Å². The normalized spacial score (nSPS) is 31.2. The van der Waals surface area contributed by atoms with Gasteiger partial charge in [-0.1, -0.05) is 48.5 Å². The van der Waals surface area contributed by atoms with Gasteiger partial charge in [-0.15, -0.1) is 0 Å². The molecule has 168 valence electrons. The Labute approximate surface area is 189 Å². The second-order valence-corrected chi connectivity index (χ2v) is 10.5. The van der Waals surface area contributed by atoms with E-state index < -0.39 is 11.6 Å². The molecule has 4 saturated carbocycles. The summed E-state index contributed by atoms with van der Waals surface area (Å²) in [5, 5.41) is 17.0. The summed E-state index contributed by atoms with van der Waals surface area (Å²) >= 11 is 0. The van der Waals surface area contributed by atoms with Gasteiger partial charge in [-0.05, 0) is 73.5 Å². The van der Waals surface area contributed by atoms with E-state index in [1.165, 1.54) is 6.42 Å². The molecule has 3 N–H and O–H groups in total. The maximum atomic E-state index is 13.2. The molecule has 6 rings (SSSR count). The molecule has 2 aromatic rings. The van der Waals surface area contributed by atoms with Crippen molar-refractivity contribution in [2.45, 2.75) is 63.0 Å². The minimum Gasteiger partial charge on any atom is -0.390 e. The molecule has 32 heavy (non-hydrogen) atoms. The molecule has 4 fully saturated rings. The highest BCUT2D eigenvalue weighted by Gasteiger charge is 2.57. The molecule has 4 aliphatic rings. The van der Waals surface area contributed by atoms with Gasteiger partial charge in [0.25, 0.3) is 0 Å². The van der Waals surface area contributed by atoms with E-state index in [0.29, 0.717) is 30.4 Å². The number of hydrogen-bond acceptors (Lipinski definition) is 3. The van der Waals surface area contributed by atoms with Gasteiger partial charge in [0.2, 0.25) is 11.8 Å². The molecular formula is C27H32N2O3. The lowest BCUT2D eigenvalue weighted by Crippen LogP contribution is -2.57. The highest BCUT2D eigenvalue weighted by molar-refractivity contribution is 5.97. The minimum atomic E-state index is -0.651. The third-order valence-electron chi connectivity index (χ3n) is 7.66. The van der Waals surface area contributed by atoms with Gasteiger partial charge in [-0.25, -0.2) is 0 Å². The van der Waals surface area contributed by atoms with E-state index in [-0.39, 0.29) is 17.2 Å². The standard InChI is InChI=1S/C27H32N2O3/c30-24(17-26-13-20-11-21(14-26)16-27(32,15-20)18-26)29-23(12-19-7-3-1-4-8-19)25(31)28-22-9-5-2-6-10-22/h1-10,20-21,23,32H,11-18H2,(H,28,31)(H,29,30). The van der Waals surface area contributed by atoms with Gasteiger partial charge in [0, 0.05) is 18.5 Å². The van der Waals surface area contributed by atoms with Crippen LogP contribution in [0.1, 0.15) is 50.5 Å². The molecule has 0 aliphatic heterocycles. The van der Waals surface area contributed by atoms with Crippen LogP contribution in [0.5, 0.6) is 0 Å². The average molecular weight is 433 g/mol. The maximum absolute atomic E-state index is 13.2. The van der Waals surface area contributed by atoms with Crippen molar-refractivity contribution < 1.29 is 14.7 Å². The Hall–Kier alpha value is -2.66. The SMILES string of the molecule is O=C(CC12CC3CC(CC(O)(C3)C1)C2)NC(Cc1ccccc1)C(=O)Nc1ccccc1. The lowest BCUT2D eigenvalue weighted by atomic mass is 9.47. The molecule has 0 heterocycles. The first-order chi connectivity index (χ1) is 15.4. The van der Waals surface area contributed by atoms with Crippen LogP contribution in [0.25, 0.3) is 0 Å². The summed E-state index contributed by atoms with van der Waals surface area (Å²) < 4.78 is 0. The molecule has 3 atom stereocenters. The van der Waals surface area contributed by atoms with E-state index >= 15 is 0 Å². The Morgan fingerprint density at radius 3 is 2.19 bits per heavy atom. The van der Waals surface area contributed by atoms with Crippen molar-refractivity contribution >= 4 is 17.5 Å². The van der Waals surface area contributed by atoms with Crippen molar-refractivity contribution in [3.05, 3.63) is 66.2 Å². The molecule has 0 spiro atoms. The van der Waals surface area contributed by atoms with Crippen molar-refractivity contribution in [2.24, 2.45) is 17.3 Å². The summed E-state index contributed by atoms with van der Waals surface area (Å²) in [5.74, 6) is 0.781. The van der Waals surface area contributed by atoms with E-state index in [1.54, 1.807) is 0 Å². The second kappa shape index (κ2) is 8.36. The first kappa shape index (κ1) is 21.2. The maximum Gasteiger partial charge on any atom is 0.247 e. The molecule has 0 radical (unpaired) electrons. The molecule has 4 aliphatic carbocycles. The summed E-state index contributed by atoms with van der Waals surface area (Å²) in [6, 6.07) is 18.5. The minimum absolute atomic E-state index is 0.0836. The van der Waals surface area contributed by atoms with Crippen molar-refractivity contribution in [2.75, 3.05) is 5.32 Å². The van der Waals surface area contributed by atoms with Gasteiger partial charge in [-0.2, -0.15) is 0 Å². The van der Waals surface area contributed by atoms with Gasteiger partial charge < -0.3 is 15.7 Å². The number of aliphatic hydroxyl groups is 1. The van der Waals surface area contributed by atoms with Crippen LogP contribution in [0.2, 0.25) is 0 Å². The van der Waals surface area contributed by atoms with E-state index in [2.05, 4.69) is 10.6 Å². The number of nitrogens with one attached hydrogen (secondary N) is 2. The Morgan fingerprint density at radius 1 is 0.938 bits per heavy atom. The lowest BCUT2D eigenvalue weighted by molar-refractivity contribution is -0.169. The molecule has 3 unspecified atom stereocenters. The van der Waals surface area contributed by atoms with E-state index in [4.69, 9.17) is 0 Å². The molecule has 4 bridgehead atoms. The highest BCUT2D eigenvalue weighted by Crippen LogP contribution is 2.62. The molecule has 5 heteroatoms. The first-order valence-electron chi connectivity index (χ1n) is 11.8. The van der Waals surface area contributed by atoms with Crippen LogP contribution >= 0.6 is 0 Å². The lowest BCUT2D eigenvalue weighted by Gasteiger charge is -2.60. The van der Waals surface area contributed by atoms with Crippen molar-refractivity contribution in [3.63, 3.8) is 0 Å². The van der Waals surface area contributed by atoms with Gasteiger partial charge >= 0.3 is 0 Å². The second-order valence-electron chi connectivity index (χ2n) is 10.5. The number of anilines is 1. The quantitative estimate of drug-likeness (QED) is 0.617. The predicted molar refractivity (Wildman–Crippen MR) is 124 cm³/mol. The number of hydrogen-bond donors (Lipinski definition) is 3. The zero-order valence-corrected chi connectivity index (χ0v) is 18.4. The van der Waals surface area contributed by atoms with Gasteiger partial charge in [0.05, 0.1) is 5.60 Å². The third kappa shape index (κ3) is 4.58.